The number of aliphatic hydroxyl groups is 1. The number of hydrogen-bond acceptors (Lipinski definition) is 3. The van der Waals surface area contributed by atoms with Crippen LogP contribution in [0.25, 0.3) is 0 Å². The quantitative estimate of drug-likeness (QED) is 0.824. The first kappa shape index (κ1) is 15.3. The van der Waals surface area contributed by atoms with Gasteiger partial charge < -0.3 is 10.2 Å². The second kappa shape index (κ2) is 6.57. The van der Waals surface area contributed by atoms with Gasteiger partial charge in [0.15, 0.2) is 0 Å². The molecule has 5 heteroatoms. The summed E-state index contributed by atoms with van der Waals surface area (Å²) in [5, 5.41) is 19.6. The van der Waals surface area contributed by atoms with E-state index in [1.165, 1.54) is 0 Å². The van der Waals surface area contributed by atoms with Crippen molar-refractivity contribution in [3.05, 3.63) is 26.6 Å². The van der Waals surface area contributed by atoms with Crippen LogP contribution >= 0.6 is 31.9 Å². The van der Waals surface area contributed by atoms with E-state index in [9.17, 15) is 10.2 Å². The maximum Gasteiger partial charge on any atom is 0.134 e. The average Bonchev–Trinajstić information content (AvgIpc) is 2.36. The molecule has 106 valence electrons. The molecule has 0 spiro atoms. The predicted molar refractivity (Wildman–Crippen MR) is 83.2 cm³/mol. The van der Waals surface area contributed by atoms with Crippen molar-refractivity contribution in [2.24, 2.45) is 0 Å². The van der Waals surface area contributed by atoms with Crippen molar-refractivity contribution < 1.29 is 10.2 Å². The first-order valence-electron chi connectivity index (χ1n) is 6.52. The first-order valence-corrected chi connectivity index (χ1v) is 8.11. The maximum absolute atomic E-state index is 10.1. The van der Waals surface area contributed by atoms with Crippen molar-refractivity contribution in [1.82, 2.24) is 4.90 Å². The lowest BCUT2D eigenvalue weighted by molar-refractivity contribution is 0.0815. The van der Waals surface area contributed by atoms with Gasteiger partial charge in [-0.05, 0) is 60.8 Å². The van der Waals surface area contributed by atoms with E-state index in [1.807, 2.05) is 12.1 Å². The molecule has 0 amide bonds. The van der Waals surface area contributed by atoms with Gasteiger partial charge in [-0.3, -0.25) is 4.90 Å². The number of rotatable bonds is 3. The molecular weight excluding hydrogens is 374 g/mol. The van der Waals surface area contributed by atoms with E-state index < -0.39 is 0 Å². The molecule has 0 atom stereocenters. The molecule has 0 aromatic heterocycles. The fourth-order valence-electron chi connectivity index (χ4n) is 2.64. The standard InChI is InChI=1S/C14H19Br2NO2/c1-17(11-2-4-12(18)5-3-11)8-9-6-10(15)7-13(16)14(9)19/h6-7,11-12,18-19H,2-5,8H2,1H3/t11-,12-. The molecule has 2 N–H and O–H groups in total. The molecule has 1 saturated carbocycles. The Hall–Kier alpha value is -0.100. The van der Waals surface area contributed by atoms with Crippen molar-refractivity contribution in [2.45, 2.75) is 44.4 Å². The average molecular weight is 393 g/mol. The fourth-order valence-corrected chi connectivity index (χ4v) is 3.95. The lowest BCUT2D eigenvalue weighted by Gasteiger charge is -2.33. The highest BCUT2D eigenvalue weighted by atomic mass is 79.9. The summed E-state index contributed by atoms with van der Waals surface area (Å²) >= 11 is 6.81. The maximum atomic E-state index is 10.1. The summed E-state index contributed by atoms with van der Waals surface area (Å²) in [6, 6.07) is 4.28. The SMILES string of the molecule is CN(Cc1cc(Br)cc(Br)c1O)[C@H]1CC[C@H](O)CC1. The van der Waals surface area contributed by atoms with Crippen LogP contribution in [-0.4, -0.2) is 34.3 Å². The highest BCUT2D eigenvalue weighted by Crippen LogP contribution is 2.33. The Bertz CT molecular complexity index is 445. The monoisotopic (exact) mass is 391 g/mol. The molecule has 0 aliphatic heterocycles. The topological polar surface area (TPSA) is 43.7 Å². The van der Waals surface area contributed by atoms with E-state index in [0.717, 1.165) is 35.7 Å². The van der Waals surface area contributed by atoms with Crippen LogP contribution in [0.5, 0.6) is 5.75 Å². The normalized spacial score (nSPS) is 23.8. The molecule has 2 rings (SSSR count). The molecule has 0 saturated heterocycles. The smallest absolute Gasteiger partial charge is 0.134 e. The summed E-state index contributed by atoms with van der Waals surface area (Å²) < 4.78 is 1.67. The van der Waals surface area contributed by atoms with Gasteiger partial charge in [0.2, 0.25) is 0 Å². The van der Waals surface area contributed by atoms with Gasteiger partial charge in [-0.1, -0.05) is 15.9 Å². The van der Waals surface area contributed by atoms with Crippen LogP contribution in [0.3, 0.4) is 0 Å². The second-order valence-corrected chi connectivity index (χ2v) is 7.04. The molecular formula is C14H19Br2NO2. The highest BCUT2D eigenvalue weighted by molar-refractivity contribution is 9.11. The fraction of sp³-hybridized carbons (Fsp3) is 0.571. The van der Waals surface area contributed by atoms with Crippen molar-refractivity contribution in [2.75, 3.05) is 7.05 Å². The molecule has 0 radical (unpaired) electrons. The Balaban J connectivity index is 2.04. The summed E-state index contributed by atoms with van der Waals surface area (Å²) in [6.45, 7) is 0.713. The summed E-state index contributed by atoms with van der Waals surface area (Å²) in [4.78, 5) is 2.26. The summed E-state index contributed by atoms with van der Waals surface area (Å²) in [6.07, 6.45) is 3.67. The number of phenolic OH excluding ortho intramolecular Hbond substituents is 1. The number of benzene rings is 1. The van der Waals surface area contributed by atoms with Gasteiger partial charge in [-0.15, -0.1) is 0 Å². The number of hydrogen-bond donors (Lipinski definition) is 2. The zero-order valence-electron chi connectivity index (χ0n) is 10.9. The molecule has 0 bridgehead atoms. The van der Waals surface area contributed by atoms with Crippen LogP contribution < -0.4 is 0 Å². The minimum atomic E-state index is -0.127. The van der Waals surface area contributed by atoms with Gasteiger partial charge in [0, 0.05) is 22.6 Å². The van der Waals surface area contributed by atoms with Crippen LogP contribution in [0.15, 0.2) is 21.1 Å². The number of phenols is 1. The number of aliphatic hydroxyl groups excluding tert-OH is 1. The van der Waals surface area contributed by atoms with Gasteiger partial charge in [0.05, 0.1) is 10.6 Å². The zero-order valence-corrected chi connectivity index (χ0v) is 14.1. The molecule has 1 fully saturated rings. The van der Waals surface area contributed by atoms with E-state index in [-0.39, 0.29) is 6.10 Å². The predicted octanol–water partition coefficient (Wildman–Crippen LogP) is 3.65. The Morgan fingerprint density at radius 2 is 1.84 bits per heavy atom. The van der Waals surface area contributed by atoms with Crippen molar-refractivity contribution in [3.63, 3.8) is 0 Å². The van der Waals surface area contributed by atoms with Crippen LogP contribution in [0.4, 0.5) is 0 Å². The molecule has 0 unspecified atom stereocenters. The number of aromatic hydroxyl groups is 1. The van der Waals surface area contributed by atoms with Gasteiger partial charge >= 0.3 is 0 Å². The van der Waals surface area contributed by atoms with Crippen molar-refractivity contribution >= 4 is 31.9 Å². The Labute approximate surface area is 130 Å². The van der Waals surface area contributed by atoms with E-state index in [1.54, 1.807) is 0 Å². The Kier molecular flexibility index (Phi) is 5.29. The van der Waals surface area contributed by atoms with E-state index >= 15 is 0 Å². The molecule has 1 aliphatic carbocycles. The van der Waals surface area contributed by atoms with Gasteiger partial charge in [-0.2, -0.15) is 0 Å². The lowest BCUT2D eigenvalue weighted by atomic mass is 9.92. The van der Waals surface area contributed by atoms with E-state index in [0.29, 0.717) is 22.8 Å². The van der Waals surface area contributed by atoms with Crippen LogP contribution in [0.2, 0.25) is 0 Å². The van der Waals surface area contributed by atoms with E-state index in [4.69, 9.17) is 0 Å². The summed E-state index contributed by atoms with van der Waals surface area (Å²) in [5.41, 5.74) is 0.912. The van der Waals surface area contributed by atoms with Gasteiger partial charge in [-0.25, -0.2) is 0 Å². The molecule has 0 heterocycles. The second-order valence-electron chi connectivity index (χ2n) is 5.27. The molecule has 1 aromatic rings. The minimum Gasteiger partial charge on any atom is -0.506 e. The largest absolute Gasteiger partial charge is 0.506 e. The van der Waals surface area contributed by atoms with Gasteiger partial charge in [0.1, 0.15) is 5.75 Å². The van der Waals surface area contributed by atoms with Crippen LogP contribution in [0.1, 0.15) is 31.2 Å². The zero-order chi connectivity index (χ0) is 14.0. The number of nitrogens with zero attached hydrogens (tertiary/aromatic N) is 1. The molecule has 19 heavy (non-hydrogen) atoms. The van der Waals surface area contributed by atoms with Crippen LogP contribution in [-0.2, 0) is 6.54 Å². The van der Waals surface area contributed by atoms with Crippen molar-refractivity contribution in [1.29, 1.82) is 0 Å². The third kappa shape index (κ3) is 3.94. The first-order chi connectivity index (χ1) is 8.97. The summed E-state index contributed by atoms with van der Waals surface area (Å²) in [7, 11) is 2.08. The third-order valence-corrected chi connectivity index (χ3v) is 4.88. The molecule has 1 aliphatic rings. The highest BCUT2D eigenvalue weighted by Gasteiger charge is 2.23. The van der Waals surface area contributed by atoms with Crippen LogP contribution in [0, 0.1) is 0 Å². The lowest BCUT2D eigenvalue weighted by Crippen LogP contribution is -2.35. The van der Waals surface area contributed by atoms with E-state index in [2.05, 4.69) is 43.8 Å². The molecule has 3 nitrogen and oxygen atoms in total. The number of halogens is 2. The molecule has 1 aromatic carbocycles. The minimum absolute atomic E-state index is 0.127. The van der Waals surface area contributed by atoms with Gasteiger partial charge in [0.25, 0.3) is 0 Å². The van der Waals surface area contributed by atoms with Crippen molar-refractivity contribution in [3.8, 4) is 5.75 Å². The Morgan fingerprint density at radius 1 is 1.21 bits per heavy atom. The third-order valence-electron chi connectivity index (χ3n) is 3.82. The summed E-state index contributed by atoms with van der Waals surface area (Å²) in [5.74, 6) is 0.311. The Morgan fingerprint density at radius 3 is 2.47 bits per heavy atom.